The molecular formula is C11H27NSi. The van der Waals surface area contributed by atoms with E-state index in [4.69, 9.17) is 5.73 Å². The fourth-order valence-corrected chi connectivity index (χ4v) is 5.96. The maximum absolute atomic E-state index is 5.57. The van der Waals surface area contributed by atoms with Crippen LogP contribution in [-0.4, -0.2) is 14.6 Å². The SMILES string of the molecule is CCCC(CC)[Si](C)(C)CCCN. The molecule has 0 spiro atoms. The van der Waals surface area contributed by atoms with Gasteiger partial charge in [-0.3, -0.25) is 0 Å². The Labute approximate surface area is 85.1 Å². The quantitative estimate of drug-likeness (QED) is 0.626. The first-order valence-electron chi connectivity index (χ1n) is 5.78. The minimum Gasteiger partial charge on any atom is -0.330 e. The van der Waals surface area contributed by atoms with Crippen LogP contribution in [0.25, 0.3) is 0 Å². The van der Waals surface area contributed by atoms with Crippen molar-refractivity contribution in [1.29, 1.82) is 0 Å². The third-order valence-corrected chi connectivity index (χ3v) is 7.81. The van der Waals surface area contributed by atoms with Gasteiger partial charge in [-0.15, -0.1) is 0 Å². The summed E-state index contributed by atoms with van der Waals surface area (Å²) >= 11 is 0. The third-order valence-electron chi connectivity index (χ3n) is 3.26. The summed E-state index contributed by atoms with van der Waals surface area (Å²) in [5.41, 5.74) is 6.59. The molecule has 2 heteroatoms. The molecule has 0 aromatic carbocycles. The zero-order valence-corrected chi connectivity index (χ0v) is 10.9. The molecule has 0 aromatic heterocycles. The van der Waals surface area contributed by atoms with Crippen molar-refractivity contribution in [2.24, 2.45) is 5.73 Å². The van der Waals surface area contributed by atoms with Gasteiger partial charge in [-0.05, 0) is 18.5 Å². The van der Waals surface area contributed by atoms with Gasteiger partial charge in [0.05, 0.1) is 8.07 Å². The summed E-state index contributed by atoms with van der Waals surface area (Å²) in [5, 5.41) is 0. The van der Waals surface area contributed by atoms with E-state index in [1.807, 2.05) is 0 Å². The summed E-state index contributed by atoms with van der Waals surface area (Å²) in [5.74, 6) is 0. The highest BCUT2D eigenvalue weighted by Gasteiger charge is 2.28. The first kappa shape index (κ1) is 13.2. The molecule has 0 saturated carbocycles. The summed E-state index contributed by atoms with van der Waals surface area (Å²) in [6.45, 7) is 10.6. The average molecular weight is 201 g/mol. The molecule has 0 heterocycles. The van der Waals surface area contributed by atoms with Gasteiger partial charge >= 0.3 is 0 Å². The summed E-state index contributed by atoms with van der Waals surface area (Å²) in [6, 6.07) is 1.42. The second-order valence-electron chi connectivity index (χ2n) is 4.77. The summed E-state index contributed by atoms with van der Waals surface area (Å²) < 4.78 is 0. The number of nitrogens with two attached hydrogens (primary N) is 1. The standard InChI is InChI=1S/C11H27NSi/c1-5-8-11(6-2)13(3,4)10-7-9-12/h11H,5-10,12H2,1-4H3. The Hall–Kier alpha value is 0.177. The zero-order chi connectivity index (χ0) is 10.3. The Balaban J connectivity index is 4.03. The zero-order valence-electron chi connectivity index (χ0n) is 9.90. The summed E-state index contributed by atoms with van der Waals surface area (Å²) in [7, 11) is -0.955. The van der Waals surface area contributed by atoms with Gasteiger partial charge in [0.15, 0.2) is 0 Å². The highest BCUT2D eigenvalue weighted by molar-refractivity contribution is 6.78. The van der Waals surface area contributed by atoms with Crippen molar-refractivity contribution >= 4 is 8.07 Å². The van der Waals surface area contributed by atoms with Crippen molar-refractivity contribution in [3.63, 3.8) is 0 Å². The predicted molar refractivity (Wildman–Crippen MR) is 64.9 cm³/mol. The van der Waals surface area contributed by atoms with Crippen LogP contribution in [-0.2, 0) is 0 Å². The molecule has 0 bridgehead atoms. The van der Waals surface area contributed by atoms with Gasteiger partial charge in [0, 0.05) is 0 Å². The molecule has 1 nitrogen and oxygen atoms in total. The van der Waals surface area contributed by atoms with E-state index in [2.05, 4.69) is 26.9 Å². The van der Waals surface area contributed by atoms with Gasteiger partial charge in [-0.2, -0.15) is 0 Å². The van der Waals surface area contributed by atoms with E-state index < -0.39 is 8.07 Å². The van der Waals surface area contributed by atoms with Crippen molar-refractivity contribution in [2.45, 2.75) is 64.2 Å². The molecule has 1 unspecified atom stereocenters. The van der Waals surface area contributed by atoms with E-state index in [1.165, 1.54) is 31.7 Å². The van der Waals surface area contributed by atoms with Crippen molar-refractivity contribution < 1.29 is 0 Å². The van der Waals surface area contributed by atoms with Crippen LogP contribution in [0.1, 0.15) is 39.5 Å². The number of rotatable bonds is 7. The Morgan fingerprint density at radius 2 is 1.85 bits per heavy atom. The Bertz CT molecular complexity index is 123. The largest absolute Gasteiger partial charge is 0.330 e. The van der Waals surface area contributed by atoms with Crippen LogP contribution in [0.4, 0.5) is 0 Å². The molecule has 0 saturated heterocycles. The first-order chi connectivity index (χ1) is 6.08. The highest BCUT2D eigenvalue weighted by Crippen LogP contribution is 2.33. The number of hydrogen-bond donors (Lipinski definition) is 1. The molecule has 0 aromatic rings. The van der Waals surface area contributed by atoms with Gasteiger partial charge in [0.1, 0.15) is 0 Å². The molecule has 0 aliphatic rings. The fourth-order valence-electron chi connectivity index (χ4n) is 2.26. The van der Waals surface area contributed by atoms with E-state index in [9.17, 15) is 0 Å². The van der Waals surface area contributed by atoms with E-state index in [-0.39, 0.29) is 0 Å². The third kappa shape index (κ3) is 4.82. The highest BCUT2D eigenvalue weighted by atomic mass is 28.3. The van der Waals surface area contributed by atoms with Crippen molar-refractivity contribution in [3.05, 3.63) is 0 Å². The lowest BCUT2D eigenvalue weighted by Crippen LogP contribution is -2.32. The maximum atomic E-state index is 5.57. The fraction of sp³-hybridized carbons (Fsp3) is 1.00. The summed E-state index contributed by atoms with van der Waals surface area (Å²) in [6.07, 6.45) is 5.38. The molecular weight excluding hydrogens is 174 g/mol. The Kier molecular flexibility index (Phi) is 6.69. The lowest BCUT2D eigenvalue weighted by Gasteiger charge is -2.31. The maximum Gasteiger partial charge on any atom is 0.0505 e. The normalized spacial score (nSPS) is 14.5. The minimum absolute atomic E-state index is 0.874. The van der Waals surface area contributed by atoms with Gasteiger partial charge in [-0.25, -0.2) is 0 Å². The van der Waals surface area contributed by atoms with Crippen molar-refractivity contribution in [3.8, 4) is 0 Å². The second-order valence-corrected chi connectivity index (χ2v) is 10.1. The van der Waals surface area contributed by atoms with E-state index in [1.54, 1.807) is 0 Å². The first-order valence-corrected chi connectivity index (χ1v) is 9.07. The molecule has 13 heavy (non-hydrogen) atoms. The Morgan fingerprint density at radius 1 is 1.23 bits per heavy atom. The molecule has 2 N–H and O–H groups in total. The van der Waals surface area contributed by atoms with Crippen LogP contribution < -0.4 is 5.73 Å². The van der Waals surface area contributed by atoms with Crippen LogP contribution >= 0.6 is 0 Å². The van der Waals surface area contributed by atoms with Crippen LogP contribution in [0.5, 0.6) is 0 Å². The molecule has 0 aliphatic heterocycles. The number of hydrogen-bond acceptors (Lipinski definition) is 1. The molecule has 80 valence electrons. The summed E-state index contributed by atoms with van der Waals surface area (Å²) in [4.78, 5) is 0. The van der Waals surface area contributed by atoms with E-state index >= 15 is 0 Å². The van der Waals surface area contributed by atoms with Gasteiger partial charge in [-0.1, -0.05) is 52.2 Å². The smallest absolute Gasteiger partial charge is 0.0505 e. The average Bonchev–Trinajstić information content (AvgIpc) is 2.10. The lowest BCUT2D eigenvalue weighted by molar-refractivity contribution is 0.668. The van der Waals surface area contributed by atoms with Gasteiger partial charge < -0.3 is 5.73 Å². The second kappa shape index (κ2) is 6.60. The van der Waals surface area contributed by atoms with Crippen LogP contribution in [0.15, 0.2) is 0 Å². The van der Waals surface area contributed by atoms with Crippen LogP contribution in [0.2, 0.25) is 24.7 Å². The van der Waals surface area contributed by atoms with E-state index in [0.29, 0.717) is 0 Å². The van der Waals surface area contributed by atoms with E-state index in [0.717, 1.165) is 12.1 Å². The van der Waals surface area contributed by atoms with Gasteiger partial charge in [0.2, 0.25) is 0 Å². The molecule has 0 rings (SSSR count). The van der Waals surface area contributed by atoms with Crippen molar-refractivity contribution in [1.82, 2.24) is 0 Å². The minimum atomic E-state index is -0.955. The molecule has 1 atom stereocenters. The van der Waals surface area contributed by atoms with Gasteiger partial charge in [0.25, 0.3) is 0 Å². The van der Waals surface area contributed by atoms with Crippen molar-refractivity contribution in [2.75, 3.05) is 6.54 Å². The van der Waals surface area contributed by atoms with Crippen LogP contribution in [0.3, 0.4) is 0 Å². The molecule has 0 fully saturated rings. The van der Waals surface area contributed by atoms with Crippen LogP contribution in [0, 0.1) is 0 Å². The topological polar surface area (TPSA) is 26.0 Å². The molecule has 0 radical (unpaired) electrons. The monoisotopic (exact) mass is 201 g/mol. The molecule has 0 aliphatic carbocycles. The predicted octanol–water partition coefficient (Wildman–Crippen LogP) is 3.62. The molecule has 0 amide bonds. The Morgan fingerprint density at radius 3 is 2.23 bits per heavy atom. The lowest BCUT2D eigenvalue weighted by atomic mass is 10.2.